The molecule has 0 heterocycles. The molecule has 3 rings (SSSR count). The van der Waals surface area contributed by atoms with E-state index in [4.69, 9.17) is 9.47 Å². The summed E-state index contributed by atoms with van der Waals surface area (Å²) >= 11 is 6.84. The van der Waals surface area contributed by atoms with E-state index in [0.717, 1.165) is 5.56 Å². The summed E-state index contributed by atoms with van der Waals surface area (Å²) in [5.41, 5.74) is 1.44. The molecule has 0 aliphatic rings. The lowest BCUT2D eigenvalue weighted by atomic mass is 10.1. The molecule has 0 amide bonds. The Morgan fingerprint density at radius 1 is 1.00 bits per heavy atom. The van der Waals surface area contributed by atoms with Gasteiger partial charge >= 0.3 is 5.97 Å². The third kappa shape index (κ3) is 6.02. The highest BCUT2D eigenvalue weighted by atomic mass is 79.9. The Balaban J connectivity index is 1.77. The largest absolute Gasteiger partial charge is 0.455 e. The number of hydrogen-bond acceptors (Lipinski definition) is 5. The fraction of sp³-hybridized carbons (Fsp3) is 0.0870. The van der Waals surface area contributed by atoms with Crippen LogP contribution in [0.15, 0.2) is 81.2 Å². The fourth-order valence-electron chi connectivity index (χ4n) is 2.68. The molecule has 0 atom stereocenters. The summed E-state index contributed by atoms with van der Waals surface area (Å²) in [5.74, 6) is 0.779. The normalized spacial score (nSPS) is 11.1. The second kappa shape index (κ2) is 10.4. The first-order chi connectivity index (χ1) is 14.9. The third-order valence-corrected chi connectivity index (χ3v) is 5.41. The molecule has 0 spiro atoms. The topological polar surface area (TPSA) is 78.7 Å². The number of carbonyl (C=O) groups is 1. The average molecular weight is 547 g/mol. The van der Waals surface area contributed by atoms with Gasteiger partial charge in [0.05, 0.1) is 13.9 Å². The Morgan fingerprint density at radius 3 is 2.16 bits per heavy atom. The van der Waals surface area contributed by atoms with Crippen molar-refractivity contribution in [2.24, 2.45) is 0 Å². The molecule has 0 aromatic heterocycles. The Labute approximate surface area is 195 Å². The van der Waals surface area contributed by atoms with Crippen LogP contribution in [0.3, 0.4) is 0 Å². The van der Waals surface area contributed by atoms with Crippen LogP contribution in [-0.4, -0.2) is 10.9 Å². The van der Waals surface area contributed by atoms with Crippen molar-refractivity contribution in [2.75, 3.05) is 0 Å². The molecule has 0 fully saturated rings. The SMILES string of the molecule is CCC(=Cc1ccccc1)C(=O)Oc1cc(Br)c(Oc2ccc([N+](=O)[O-])cc2)c(Br)c1. The number of halogens is 2. The van der Waals surface area contributed by atoms with Gasteiger partial charge in [-0.25, -0.2) is 4.79 Å². The molecule has 0 bridgehead atoms. The Bertz CT molecular complexity index is 1110. The monoisotopic (exact) mass is 545 g/mol. The molecule has 6 nitrogen and oxygen atoms in total. The van der Waals surface area contributed by atoms with Gasteiger partial charge in [-0.3, -0.25) is 10.1 Å². The number of hydrogen-bond donors (Lipinski definition) is 0. The standard InChI is InChI=1S/C23H17Br2NO5/c1-2-16(12-15-6-4-3-5-7-15)23(27)31-19-13-20(24)22(21(25)14-19)30-18-10-8-17(9-11-18)26(28)29/h3-14H,2H2,1H3. The van der Waals surface area contributed by atoms with Crippen molar-refractivity contribution in [3.05, 3.63) is 96.9 Å². The minimum absolute atomic E-state index is 0.0250. The summed E-state index contributed by atoms with van der Waals surface area (Å²) < 4.78 is 12.5. The van der Waals surface area contributed by atoms with Crippen LogP contribution in [0, 0.1) is 10.1 Å². The molecule has 0 saturated heterocycles. The summed E-state index contributed by atoms with van der Waals surface area (Å²) in [6.45, 7) is 1.89. The number of esters is 1. The summed E-state index contributed by atoms with van der Waals surface area (Å²) in [5, 5.41) is 10.8. The van der Waals surface area contributed by atoms with Gasteiger partial charge in [0.15, 0.2) is 5.75 Å². The highest BCUT2D eigenvalue weighted by molar-refractivity contribution is 9.11. The molecule has 31 heavy (non-hydrogen) atoms. The maximum atomic E-state index is 12.6. The first-order valence-electron chi connectivity index (χ1n) is 9.26. The lowest BCUT2D eigenvalue weighted by Gasteiger charge is -2.13. The number of carbonyl (C=O) groups excluding carboxylic acids is 1. The predicted octanol–water partition coefficient (Wildman–Crippen LogP) is 7.31. The van der Waals surface area contributed by atoms with Crippen LogP contribution in [0.25, 0.3) is 6.08 Å². The van der Waals surface area contributed by atoms with Crippen molar-refractivity contribution < 1.29 is 19.2 Å². The molecule has 3 aromatic rings. The molecular weight excluding hydrogens is 530 g/mol. The number of rotatable bonds is 7. The quantitative estimate of drug-likeness (QED) is 0.102. The molecule has 0 aliphatic carbocycles. The first kappa shape index (κ1) is 22.7. The van der Waals surface area contributed by atoms with E-state index in [1.807, 2.05) is 37.3 Å². The van der Waals surface area contributed by atoms with Gasteiger partial charge in [-0.15, -0.1) is 0 Å². The molecule has 0 unspecified atom stereocenters. The van der Waals surface area contributed by atoms with Crippen LogP contribution >= 0.6 is 31.9 Å². The second-order valence-electron chi connectivity index (χ2n) is 6.39. The van der Waals surface area contributed by atoms with E-state index in [-0.39, 0.29) is 5.69 Å². The van der Waals surface area contributed by atoms with Gasteiger partial charge in [0.2, 0.25) is 0 Å². The van der Waals surface area contributed by atoms with Crippen LogP contribution in [0.4, 0.5) is 5.69 Å². The maximum Gasteiger partial charge on any atom is 0.339 e. The predicted molar refractivity (Wildman–Crippen MR) is 125 cm³/mol. The van der Waals surface area contributed by atoms with E-state index in [1.165, 1.54) is 24.3 Å². The Kier molecular flexibility index (Phi) is 7.59. The minimum atomic E-state index is -0.477. The lowest BCUT2D eigenvalue weighted by molar-refractivity contribution is -0.384. The second-order valence-corrected chi connectivity index (χ2v) is 8.10. The van der Waals surface area contributed by atoms with E-state index < -0.39 is 10.9 Å². The molecule has 0 radical (unpaired) electrons. The number of benzene rings is 3. The van der Waals surface area contributed by atoms with E-state index in [9.17, 15) is 14.9 Å². The molecule has 0 N–H and O–H groups in total. The molecular formula is C23H17Br2NO5. The Morgan fingerprint density at radius 2 is 1.61 bits per heavy atom. The van der Waals surface area contributed by atoms with E-state index in [1.54, 1.807) is 18.2 Å². The van der Waals surface area contributed by atoms with Crippen molar-refractivity contribution in [2.45, 2.75) is 13.3 Å². The van der Waals surface area contributed by atoms with E-state index in [2.05, 4.69) is 31.9 Å². The zero-order chi connectivity index (χ0) is 22.4. The molecule has 8 heteroatoms. The highest BCUT2D eigenvalue weighted by Gasteiger charge is 2.16. The van der Waals surface area contributed by atoms with Crippen LogP contribution in [0.2, 0.25) is 0 Å². The van der Waals surface area contributed by atoms with Crippen LogP contribution < -0.4 is 9.47 Å². The van der Waals surface area contributed by atoms with E-state index >= 15 is 0 Å². The van der Waals surface area contributed by atoms with Crippen molar-refractivity contribution >= 4 is 49.6 Å². The lowest BCUT2D eigenvalue weighted by Crippen LogP contribution is -2.11. The van der Waals surface area contributed by atoms with E-state index in [0.29, 0.717) is 38.2 Å². The molecule has 0 aliphatic heterocycles. The number of nitro benzene ring substituents is 1. The number of non-ortho nitro benzene ring substituents is 1. The fourth-order valence-corrected chi connectivity index (χ4v) is 3.98. The van der Waals surface area contributed by atoms with Gasteiger partial charge in [-0.2, -0.15) is 0 Å². The molecule has 158 valence electrons. The van der Waals surface area contributed by atoms with Crippen LogP contribution in [-0.2, 0) is 4.79 Å². The average Bonchev–Trinajstić information content (AvgIpc) is 2.75. The summed E-state index contributed by atoms with van der Waals surface area (Å²) in [6, 6.07) is 18.5. The molecule has 0 saturated carbocycles. The van der Waals surface area contributed by atoms with Gasteiger partial charge in [0.25, 0.3) is 5.69 Å². The summed E-state index contributed by atoms with van der Waals surface area (Å²) in [6.07, 6.45) is 2.33. The van der Waals surface area contributed by atoms with Gasteiger partial charge in [-0.05, 0) is 74.2 Å². The van der Waals surface area contributed by atoms with Gasteiger partial charge in [0, 0.05) is 17.7 Å². The first-order valence-corrected chi connectivity index (χ1v) is 10.8. The third-order valence-electron chi connectivity index (χ3n) is 4.23. The smallest absolute Gasteiger partial charge is 0.339 e. The van der Waals surface area contributed by atoms with Gasteiger partial charge < -0.3 is 9.47 Å². The summed E-state index contributed by atoms with van der Waals surface area (Å²) in [4.78, 5) is 22.9. The van der Waals surface area contributed by atoms with Gasteiger partial charge in [0.1, 0.15) is 11.5 Å². The number of ether oxygens (including phenoxy) is 2. The van der Waals surface area contributed by atoms with Crippen molar-refractivity contribution in [3.63, 3.8) is 0 Å². The number of nitrogens with zero attached hydrogens (tertiary/aromatic N) is 1. The van der Waals surface area contributed by atoms with Gasteiger partial charge in [-0.1, -0.05) is 37.3 Å². The van der Waals surface area contributed by atoms with Crippen molar-refractivity contribution in [1.82, 2.24) is 0 Å². The van der Waals surface area contributed by atoms with Crippen LogP contribution in [0.5, 0.6) is 17.2 Å². The Hall–Kier alpha value is -2.97. The molecule has 3 aromatic carbocycles. The zero-order valence-electron chi connectivity index (χ0n) is 16.4. The van der Waals surface area contributed by atoms with Crippen LogP contribution in [0.1, 0.15) is 18.9 Å². The van der Waals surface area contributed by atoms with Crippen molar-refractivity contribution in [3.8, 4) is 17.2 Å². The summed E-state index contributed by atoms with van der Waals surface area (Å²) in [7, 11) is 0. The minimum Gasteiger partial charge on any atom is -0.455 e. The maximum absolute atomic E-state index is 12.6. The zero-order valence-corrected chi connectivity index (χ0v) is 19.6. The van der Waals surface area contributed by atoms with Crippen molar-refractivity contribution in [1.29, 1.82) is 0 Å². The number of nitro groups is 1. The highest BCUT2D eigenvalue weighted by Crippen LogP contribution is 2.40.